The van der Waals surface area contributed by atoms with Crippen LogP contribution in [-0.4, -0.2) is 56.1 Å². The fraction of sp³-hybridized carbons (Fsp3) is 0.400. The molecule has 0 aliphatic carbocycles. The van der Waals surface area contributed by atoms with Crippen LogP contribution in [0.2, 0.25) is 0 Å². The quantitative estimate of drug-likeness (QED) is 0.863. The standard InChI is InChI=1S/C20H25N3/c1-21-10-12-22(13-11-21)14-15-23-19-8-4-2-6-17(19)16-18-7-3-5-9-20(18)23/h2-9H,10-16H2,1H3. The maximum atomic E-state index is 2.60. The van der Waals surface area contributed by atoms with E-state index in [0.717, 1.165) is 19.5 Å². The highest BCUT2D eigenvalue weighted by atomic mass is 15.3. The van der Waals surface area contributed by atoms with Gasteiger partial charge in [-0.1, -0.05) is 36.4 Å². The molecule has 0 unspecified atom stereocenters. The molecule has 4 rings (SSSR count). The van der Waals surface area contributed by atoms with E-state index in [1.165, 1.54) is 48.7 Å². The topological polar surface area (TPSA) is 9.72 Å². The van der Waals surface area contributed by atoms with Crippen molar-refractivity contribution in [2.45, 2.75) is 6.42 Å². The summed E-state index contributed by atoms with van der Waals surface area (Å²) >= 11 is 0. The van der Waals surface area contributed by atoms with Crippen molar-refractivity contribution in [3.63, 3.8) is 0 Å². The van der Waals surface area contributed by atoms with Crippen LogP contribution in [0.4, 0.5) is 11.4 Å². The van der Waals surface area contributed by atoms with Gasteiger partial charge in [-0.2, -0.15) is 0 Å². The molecule has 0 radical (unpaired) electrons. The average Bonchev–Trinajstić information content (AvgIpc) is 2.60. The molecule has 0 saturated carbocycles. The van der Waals surface area contributed by atoms with Gasteiger partial charge in [0.1, 0.15) is 0 Å². The highest BCUT2D eigenvalue weighted by molar-refractivity contribution is 5.74. The first-order valence-corrected chi connectivity index (χ1v) is 8.65. The van der Waals surface area contributed by atoms with Gasteiger partial charge in [0.2, 0.25) is 0 Å². The second-order valence-corrected chi connectivity index (χ2v) is 6.73. The van der Waals surface area contributed by atoms with Crippen molar-refractivity contribution in [1.29, 1.82) is 0 Å². The number of para-hydroxylation sites is 2. The van der Waals surface area contributed by atoms with Crippen molar-refractivity contribution in [2.24, 2.45) is 0 Å². The summed E-state index contributed by atoms with van der Waals surface area (Å²) in [6.45, 7) is 6.95. The maximum Gasteiger partial charge on any atom is 0.0447 e. The van der Waals surface area contributed by atoms with Crippen LogP contribution >= 0.6 is 0 Å². The molecule has 0 spiro atoms. The molecular formula is C20H25N3. The summed E-state index contributed by atoms with van der Waals surface area (Å²) in [5.41, 5.74) is 5.68. The van der Waals surface area contributed by atoms with Gasteiger partial charge in [-0.25, -0.2) is 0 Å². The number of hydrogen-bond donors (Lipinski definition) is 0. The number of anilines is 2. The SMILES string of the molecule is CN1CCN(CCN2c3ccccc3Cc3ccccc32)CC1. The molecule has 0 amide bonds. The number of fused-ring (bicyclic) bond motifs is 2. The summed E-state index contributed by atoms with van der Waals surface area (Å²) in [7, 11) is 2.22. The van der Waals surface area contributed by atoms with E-state index in [1.807, 2.05) is 0 Å². The minimum absolute atomic E-state index is 1.05. The molecule has 0 aromatic heterocycles. The van der Waals surface area contributed by atoms with Crippen LogP contribution in [-0.2, 0) is 6.42 Å². The monoisotopic (exact) mass is 307 g/mol. The Morgan fingerprint density at radius 2 is 1.30 bits per heavy atom. The van der Waals surface area contributed by atoms with Gasteiger partial charge in [-0.15, -0.1) is 0 Å². The number of rotatable bonds is 3. The second kappa shape index (κ2) is 6.34. The van der Waals surface area contributed by atoms with E-state index in [1.54, 1.807) is 0 Å². The van der Waals surface area contributed by atoms with E-state index < -0.39 is 0 Å². The third-order valence-electron chi connectivity index (χ3n) is 5.18. The lowest BCUT2D eigenvalue weighted by molar-refractivity contribution is 0.157. The number of piperazine rings is 1. The summed E-state index contributed by atoms with van der Waals surface area (Å²) in [6, 6.07) is 17.7. The van der Waals surface area contributed by atoms with E-state index in [-0.39, 0.29) is 0 Å². The molecule has 0 atom stereocenters. The minimum Gasteiger partial charge on any atom is -0.340 e. The highest BCUT2D eigenvalue weighted by Crippen LogP contribution is 2.37. The Morgan fingerprint density at radius 1 is 0.739 bits per heavy atom. The average molecular weight is 307 g/mol. The van der Waals surface area contributed by atoms with Gasteiger partial charge in [0.05, 0.1) is 0 Å². The summed E-state index contributed by atoms with van der Waals surface area (Å²) in [5, 5.41) is 0. The molecule has 3 nitrogen and oxygen atoms in total. The minimum atomic E-state index is 1.05. The molecule has 2 heterocycles. The lowest BCUT2D eigenvalue weighted by atomic mass is 9.95. The lowest BCUT2D eigenvalue weighted by Gasteiger charge is -2.37. The molecule has 2 aliphatic heterocycles. The normalized spacial score (nSPS) is 18.6. The Hall–Kier alpha value is -1.84. The molecule has 2 aromatic rings. The molecule has 120 valence electrons. The second-order valence-electron chi connectivity index (χ2n) is 6.73. The van der Waals surface area contributed by atoms with E-state index >= 15 is 0 Å². The van der Waals surface area contributed by atoms with E-state index in [0.29, 0.717) is 0 Å². The molecule has 0 N–H and O–H groups in total. The number of likely N-dealkylation sites (N-methyl/N-ethyl adjacent to an activating group) is 1. The Labute approximate surface area is 139 Å². The van der Waals surface area contributed by atoms with Crippen molar-refractivity contribution < 1.29 is 0 Å². The molecule has 0 bridgehead atoms. The maximum absolute atomic E-state index is 2.60. The fourth-order valence-electron chi connectivity index (χ4n) is 3.74. The van der Waals surface area contributed by atoms with Crippen molar-refractivity contribution in [2.75, 3.05) is 51.2 Å². The Balaban J connectivity index is 1.55. The van der Waals surface area contributed by atoms with Crippen LogP contribution in [0.25, 0.3) is 0 Å². The molecule has 2 aliphatic rings. The van der Waals surface area contributed by atoms with Crippen LogP contribution in [0, 0.1) is 0 Å². The first-order valence-electron chi connectivity index (χ1n) is 8.65. The van der Waals surface area contributed by atoms with E-state index in [2.05, 4.69) is 70.3 Å². The van der Waals surface area contributed by atoms with Gasteiger partial charge in [-0.05, 0) is 30.3 Å². The van der Waals surface area contributed by atoms with Crippen molar-refractivity contribution in [3.8, 4) is 0 Å². The first kappa shape index (κ1) is 14.7. The third-order valence-corrected chi connectivity index (χ3v) is 5.18. The first-order chi connectivity index (χ1) is 11.3. The predicted octanol–water partition coefficient (Wildman–Crippen LogP) is 2.98. The molecule has 1 saturated heterocycles. The Bertz CT molecular complexity index is 629. The van der Waals surface area contributed by atoms with Crippen LogP contribution in [0.3, 0.4) is 0 Å². The molecule has 3 heteroatoms. The van der Waals surface area contributed by atoms with E-state index in [4.69, 9.17) is 0 Å². The summed E-state index contributed by atoms with van der Waals surface area (Å²) < 4.78 is 0. The largest absolute Gasteiger partial charge is 0.340 e. The van der Waals surface area contributed by atoms with E-state index in [9.17, 15) is 0 Å². The zero-order chi connectivity index (χ0) is 15.6. The van der Waals surface area contributed by atoms with Crippen molar-refractivity contribution in [1.82, 2.24) is 9.80 Å². The number of benzene rings is 2. The Morgan fingerprint density at radius 3 is 1.91 bits per heavy atom. The van der Waals surface area contributed by atoms with Gasteiger partial charge in [0, 0.05) is 57.1 Å². The van der Waals surface area contributed by atoms with Crippen LogP contribution in [0.1, 0.15) is 11.1 Å². The Kier molecular flexibility index (Phi) is 4.06. The molecule has 23 heavy (non-hydrogen) atoms. The predicted molar refractivity (Wildman–Crippen MR) is 96.6 cm³/mol. The summed E-state index contributed by atoms with van der Waals surface area (Å²) in [6.07, 6.45) is 1.05. The number of hydrogen-bond acceptors (Lipinski definition) is 3. The fourth-order valence-corrected chi connectivity index (χ4v) is 3.74. The smallest absolute Gasteiger partial charge is 0.0447 e. The number of nitrogens with zero attached hydrogens (tertiary/aromatic N) is 3. The van der Waals surface area contributed by atoms with Gasteiger partial charge in [-0.3, -0.25) is 4.90 Å². The lowest BCUT2D eigenvalue weighted by Crippen LogP contribution is -2.46. The van der Waals surface area contributed by atoms with Crippen molar-refractivity contribution in [3.05, 3.63) is 59.7 Å². The van der Waals surface area contributed by atoms with Crippen LogP contribution < -0.4 is 4.90 Å². The summed E-state index contributed by atoms with van der Waals surface area (Å²) in [5.74, 6) is 0. The van der Waals surface area contributed by atoms with Gasteiger partial charge in [0.15, 0.2) is 0 Å². The van der Waals surface area contributed by atoms with Gasteiger partial charge >= 0.3 is 0 Å². The molecular weight excluding hydrogens is 282 g/mol. The zero-order valence-electron chi connectivity index (χ0n) is 13.9. The van der Waals surface area contributed by atoms with Crippen molar-refractivity contribution >= 4 is 11.4 Å². The van der Waals surface area contributed by atoms with Gasteiger partial charge in [0.25, 0.3) is 0 Å². The van der Waals surface area contributed by atoms with Crippen LogP contribution in [0.15, 0.2) is 48.5 Å². The van der Waals surface area contributed by atoms with Crippen LogP contribution in [0.5, 0.6) is 0 Å². The zero-order valence-corrected chi connectivity index (χ0v) is 13.9. The highest BCUT2D eigenvalue weighted by Gasteiger charge is 2.23. The van der Waals surface area contributed by atoms with Gasteiger partial charge < -0.3 is 9.80 Å². The summed E-state index contributed by atoms with van der Waals surface area (Å²) in [4.78, 5) is 7.54. The molecule has 2 aromatic carbocycles. The molecule has 1 fully saturated rings. The third kappa shape index (κ3) is 2.99.